The number of rotatable bonds is 6. The molecule has 166 valence electrons. The van der Waals surface area contributed by atoms with Crippen molar-refractivity contribution in [1.82, 2.24) is 24.7 Å². The Bertz CT molecular complexity index is 1180. The summed E-state index contributed by atoms with van der Waals surface area (Å²) in [5, 5.41) is 4.25. The SMILES string of the molecule is O=C([C@@H]1CCCN(c2cc(-n3cccn3)ncn2)C1)N(Cc1ccccc1)c1ccccn1. The number of nitrogens with zero attached hydrogens (tertiary/aromatic N) is 7. The highest BCUT2D eigenvalue weighted by Gasteiger charge is 2.31. The normalized spacial score (nSPS) is 15.9. The average Bonchev–Trinajstić information content (AvgIpc) is 3.44. The Morgan fingerprint density at radius 3 is 2.61 bits per heavy atom. The summed E-state index contributed by atoms with van der Waals surface area (Å²) in [6, 6.07) is 19.5. The third-order valence-corrected chi connectivity index (χ3v) is 5.85. The molecule has 1 amide bonds. The Hall–Kier alpha value is -4.07. The zero-order valence-electron chi connectivity index (χ0n) is 18.2. The van der Waals surface area contributed by atoms with Crippen LogP contribution in [0, 0.1) is 5.92 Å². The van der Waals surface area contributed by atoms with Crippen molar-refractivity contribution in [3.05, 3.63) is 91.1 Å². The van der Waals surface area contributed by atoms with E-state index in [4.69, 9.17) is 0 Å². The molecule has 1 saturated heterocycles. The molecule has 1 fully saturated rings. The Labute approximate surface area is 192 Å². The lowest BCUT2D eigenvalue weighted by molar-refractivity contribution is -0.122. The van der Waals surface area contributed by atoms with E-state index in [1.54, 1.807) is 28.3 Å². The molecule has 8 heteroatoms. The molecule has 1 aromatic carbocycles. The lowest BCUT2D eigenvalue weighted by Gasteiger charge is -2.35. The fraction of sp³-hybridized carbons (Fsp3) is 0.240. The molecule has 1 atom stereocenters. The highest BCUT2D eigenvalue weighted by atomic mass is 16.2. The van der Waals surface area contributed by atoms with Gasteiger partial charge in [0.2, 0.25) is 5.91 Å². The van der Waals surface area contributed by atoms with E-state index in [9.17, 15) is 4.79 Å². The second-order valence-corrected chi connectivity index (χ2v) is 8.07. The number of benzene rings is 1. The first-order chi connectivity index (χ1) is 16.3. The minimum absolute atomic E-state index is 0.0867. The number of anilines is 2. The molecular weight excluding hydrogens is 414 g/mol. The van der Waals surface area contributed by atoms with Crippen LogP contribution >= 0.6 is 0 Å². The van der Waals surface area contributed by atoms with Crippen molar-refractivity contribution in [3.63, 3.8) is 0 Å². The van der Waals surface area contributed by atoms with Gasteiger partial charge in [0.05, 0.1) is 12.5 Å². The van der Waals surface area contributed by atoms with E-state index in [2.05, 4.69) is 25.0 Å². The molecule has 0 unspecified atom stereocenters. The summed E-state index contributed by atoms with van der Waals surface area (Å²) in [4.78, 5) is 31.0. The van der Waals surface area contributed by atoms with Gasteiger partial charge in [-0.15, -0.1) is 0 Å². The zero-order chi connectivity index (χ0) is 22.5. The van der Waals surface area contributed by atoms with Crippen LogP contribution in [0.5, 0.6) is 0 Å². The molecule has 1 aliphatic rings. The fourth-order valence-corrected chi connectivity index (χ4v) is 4.20. The summed E-state index contributed by atoms with van der Waals surface area (Å²) in [6.07, 6.45) is 8.60. The maximum Gasteiger partial charge on any atom is 0.233 e. The molecule has 0 radical (unpaired) electrons. The lowest BCUT2D eigenvalue weighted by Crippen LogP contribution is -2.45. The van der Waals surface area contributed by atoms with Gasteiger partial charge in [-0.2, -0.15) is 5.10 Å². The standard InChI is InChI=1S/C25H25N7O/c33-25(31(22-11-4-5-12-26-22)17-20-8-2-1-3-9-20)21-10-6-14-30(18-21)23-16-24(28-19-27-23)32-15-7-13-29-32/h1-5,7-9,11-13,15-16,19,21H,6,10,14,17-18H2/t21-/m1/s1. The van der Waals surface area contributed by atoms with E-state index < -0.39 is 0 Å². The van der Waals surface area contributed by atoms with Gasteiger partial charge in [-0.3, -0.25) is 9.69 Å². The third-order valence-electron chi connectivity index (χ3n) is 5.85. The van der Waals surface area contributed by atoms with Crippen molar-refractivity contribution < 1.29 is 4.79 Å². The minimum atomic E-state index is -0.146. The van der Waals surface area contributed by atoms with Gasteiger partial charge in [-0.05, 0) is 36.6 Å². The summed E-state index contributed by atoms with van der Waals surface area (Å²) < 4.78 is 1.71. The zero-order valence-corrected chi connectivity index (χ0v) is 18.2. The summed E-state index contributed by atoms with van der Waals surface area (Å²) in [5.41, 5.74) is 1.07. The number of pyridine rings is 1. The molecule has 33 heavy (non-hydrogen) atoms. The smallest absolute Gasteiger partial charge is 0.233 e. The average molecular weight is 440 g/mol. The Kier molecular flexibility index (Phi) is 6.06. The summed E-state index contributed by atoms with van der Waals surface area (Å²) in [5.74, 6) is 2.13. The van der Waals surface area contributed by atoms with Crippen molar-refractivity contribution in [2.24, 2.45) is 5.92 Å². The van der Waals surface area contributed by atoms with Crippen LogP contribution in [0.4, 0.5) is 11.6 Å². The largest absolute Gasteiger partial charge is 0.356 e. The first-order valence-corrected chi connectivity index (χ1v) is 11.1. The highest BCUT2D eigenvalue weighted by molar-refractivity contribution is 5.94. The molecule has 1 aliphatic heterocycles. The van der Waals surface area contributed by atoms with Crippen LogP contribution < -0.4 is 9.80 Å². The monoisotopic (exact) mass is 439 g/mol. The summed E-state index contributed by atoms with van der Waals surface area (Å²) in [6.45, 7) is 1.94. The second kappa shape index (κ2) is 9.60. The molecule has 0 spiro atoms. The van der Waals surface area contributed by atoms with E-state index in [-0.39, 0.29) is 11.8 Å². The highest BCUT2D eigenvalue weighted by Crippen LogP contribution is 2.26. The molecule has 0 saturated carbocycles. The van der Waals surface area contributed by atoms with E-state index in [0.29, 0.717) is 24.7 Å². The Morgan fingerprint density at radius 1 is 0.970 bits per heavy atom. The molecule has 0 aliphatic carbocycles. The molecule has 4 heterocycles. The van der Waals surface area contributed by atoms with Crippen molar-refractivity contribution in [2.45, 2.75) is 19.4 Å². The van der Waals surface area contributed by atoms with E-state index in [1.165, 1.54) is 0 Å². The van der Waals surface area contributed by atoms with Crippen LogP contribution in [0.3, 0.4) is 0 Å². The van der Waals surface area contributed by atoms with Crippen LogP contribution in [0.25, 0.3) is 5.82 Å². The molecule has 8 nitrogen and oxygen atoms in total. The topological polar surface area (TPSA) is 80.0 Å². The number of amides is 1. The van der Waals surface area contributed by atoms with E-state index in [1.807, 2.05) is 66.9 Å². The maximum atomic E-state index is 13.7. The number of hydrogen-bond donors (Lipinski definition) is 0. The van der Waals surface area contributed by atoms with Gasteiger partial charge in [0, 0.05) is 37.7 Å². The Balaban J connectivity index is 1.37. The number of aromatic nitrogens is 5. The Morgan fingerprint density at radius 2 is 1.82 bits per heavy atom. The van der Waals surface area contributed by atoms with Crippen LogP contribution in [0.1, 0.15) is 18.4 Å². The van der Waals surface area contributed by atoms with Gasteiger partial charge in [0.25, 0.3) is 0 Å². The number of carbonyl (C=O) groups excluding carboxylic acids is 1. The molecule has 0 bridgehead atoms. The van der Waals surface area contributed by atoms with Crippen LogP contribution in [-0.4, -0.2) is 43.7 Å². The summed E-state index contributed by atoms with van der Waals surface area (Å²) >= 11 is 0. The number of piperidine rings is 1. The second-order valence-electron chi connectivity index (χ2n) is 8.07. The van der Waals surface area contributed by atoms with Gasteiger partial charge in [0.1, 0.15) is 18.0 Å². The molecule has 4 aromatic rings. The quantitative estimate of drug-likeness (QED) is 0.457. The van der Waals surface area contributed by atoms with Crippen LogP contribution in [0.15, 0.2) is 85.6 Å². The first-order valence-electron chi connectivity index (χ1n) is 11.1. The maximum absolute atomic E-state index is 13.7. The summed E-state index contributed by atoms with van der Waals surface area (Å²) in [7, 11) is 0. The molecule has 5 rings (SSSR count). The molecule has 3 aromatic heterocycles. The third kappa shape index (κ3) is 4.74. The van der Waals surface area contributed by atoms with Gasteiger partial charge in [-0.25, -0.2) is 19.6 Å². The van der Waals surface area contributed by atoms with Crippen LogP contribution in [0.2, 0.25) is 0 Å². The van der Waals surface area contributed by atoms with Crippen molar-refractivity contribution in [1.29, 1.82) is 0 Å². The van der Waals surface area contributed by atoms with Crippen LogP contribution in [-0.2, 0) is 11.3 Å². The van der Waals surface area contributed by atoms with Crippen molar-refractivity contribution >= 4 is 17.5 Å². The van der Waals surface area contributed by atoms with Gasteiger partial charge < -0.3 is 4.90 Å². The number of hydrogen-bond acceptors (Lipinski definition) is 6. The van der Waals surface area contributed by atoms with Gasteiger partial charge >= 0.3 is 0 Å². The fourth-order valence-electron chi connectivity index (χ4n) is 4.20. The predicted octanol–water partition coefficient (Wildman–Crippen LogP) is 3.51. The first kappa shape index (κ1) is 20.8. The minimum Gasteiger partial charge on any atom is -0.356 e. The van der Waals surface area contributed by atoms with E-state index in [0.717, 1.165) is 30.8 Å². The van der Waals surface area contributed by atoms with Crippen molar-refractivity contribution in [2.75, 3.05) is 22.9 Å². The van der Waals surface area contributed by atoms with E-state index >= 15 is 0 Å². The van der Waals surface area contributed by atoms with Crippen molar-refractivity contribution in [3.8, 4) is 5.82 Å². The lowest BCUT2D eigenvalue weighted by atomic mass is 9.96. The van der Waals surface area contributed by atoms with Gasteiger partial charge in [-0.1, -0.05) is 36.4 Å². The predicted molar refractivity (Wildman–Crippen MR) is 126 cm³/mol. The van der Waals surface area contributed by atoms with Gasteiger partial charge in [0.15, 0.2) is 5.82 Å². The molecular formula is C25H25N7O. The molecule has 0 N–H and O–H groups in total. The number of carbonyl (C=O) groups is 1.